The van der Waals surface area contributed by atoms with Crippen LogP contribution in [-0.4, -0.2) is 11.0 Å². The molecule has 2 aromatic rings. The highest BCUT2D eigenvalue weighted by Gasteiger charge is 2.09. The first-order valence-electron chi connectivity index (χ1n) is 5.53. The molecule has 0 saturated heterocycles. The number of anilines is 1. The normalized spacial score (nSPS) is 10.3. The van der Waals surface area contributed by atoms with Crippen molar-refractivity contribution < 1.29 is 9.90 Å². The molecule has 5 heteroatoms. The zero-order chi connectivity index (χ0) is 14.0. The van der Waals surface area contributed by atoms with E-state index in [2.05, 4.69) is 27.9 Å². The lowest BCUT2D eigenvalue weighted by Gasteiger charge is -2.08. The summed E-state index contributed by atoms with van der Waals surface area (Å²) in [7, 11) is 0. The van der Waals surface area contributed by atoms with Crippen LogP contribution in [0.3, 0.4) is 0 Å². The van der Waals surface area contributed by atoms with Crippen molar-refractivity contribution >= 4 is 45.8 Å². The number of phenols is 1. The molecule has 2 N–H and O–H groups in total. The molecule has 0 unspecified atom stereocenters. The molecule has 0 bridgehead atoms. The van der Waals surface area contributed by atoms with Gasteiger partial charge in [-0.1, -0.05) is 11.6 Å². The Morgan fingerprint density at radius 1 is 1.26 bits per heavy atom. The lowest BCUT2D eigenvalue weighted by atomic mass is 10.1. The summed E-state index contributed by atoms with van der Waals surface area (Å²) < 4.78 is 0.869. The Kier molecular flexibility index (Phi) is 4.31. The van der Waals surface area contributed by atoms with E-state index in [0.29, 0.717) is 21.8 Å². The second-order valence-corrected chi connectivity index (χ2v) is 5.68. The van der Waals surface area contributed by atoms with Crippen molar-refractivity contribution in [3.63, 3.8) is 0 Å². The topological polar surface area (TPSA) is 49.3 Å². The Morgan fingerprint density at radius 2 is 2.00 bits per heavy atom. The number of phenolic OH excluding ortho intramolecular Hbond substituents is 1. The molecule has 0 saturated carbocycles. The molecule has 0 aromatic heterocycles. The maximum atomic E-state index is 12.1. The summed E-state index contributed by atoms with van der Waals surface area (Å²) in [5.41, 5.74) is 1.88. The third kappa shape index (κ3) is 3.39. The van der Waals surface area contributed by atoms with E-state index < -0.39 is 0 Å². The molecule has 2 rings (SSSR count). The number of halogens is 2. The highest BCUT2D eigenvalue weighted by Crippen LogP contribution is 2.23. The first-order chi connectivity index (χ1) is 8.97. The molecular formula is C14H11ClINO2. The van der Waals surface area contributed by atoms with Crippen LogP contribution in [0.4, 0.5) is 5.69 Å². The van der Waals surface area contributed by atoms with Crippen molar-refractivity contribution in [3.8, 4) is 5.75 Å². The number of carbonyl (C=O) groups is 1. The number of carbonyl (C=O) groups excluding carboxylic acids is 1. The summed E-state index contributed by atoms with van der Waals surface area (Å²) in [5.74, 6) is -0.0408. The van der Waals surface area contributed by atoms with Gasteiger partial charge in [0.05, 0.1) is 5.69 Å². The van der Waals surface area contributed by atoms with Crippen LogP contribution in [-0.2, 0) is 0 Å². The smallest absolute Gasteiger partial charge is 0.255 e. The van der Waals surface area contributed by atoms with Crippen molar-refractivity contribution in [2.45, 2.75) is 6.92 Å². The number of benzene rings is 2. The van der Waals surface area contributed by atoms with Gasteiger partial charge in [0, 0.05) is 14.2 Å². The SMILES string of the molecule is Cc1cc(C(=O)Nc2ccc(Cl)cc2I)ccc1O. The molecule has 19 heavy (non-hydrogen) atoms. The molecule has 0 atom stereocenters. The maximum absolute atomic E-state index is 12.1. The number of rotatable bonds is 2. The average Bonchev–Trinajstić information content (AvgIpc) is 2.36. The second-order valence-electron chi connectivity index (χ2n) is 4.08. The van der Waals surface area contributed by atoms with E-state index in [0.717, 1.165) is 3.57 Å². The number of hydrogen-bond donors (Lipinski definition) is 2. The molecule has 0 spiro atoms. The van der Waals surface area contributed by atoms with Gasteiger partial charge in [0.2, 0.25) is 0 Å². The quantitative estimate of drug-likeness (QED) is 0.758. The molecule has 0 aliphatic heterocycles. The minimum Gasteiger partial charge on any atom is -0.508 e. The highest BCUT2D eigenvalue weighted by atomic mass is 127. The average molecular weight is 388 g/mol. The van der Waals surface area contributed by atoms with Crippen molar-refractivity contribution in [2.75, 3.05) is 5.32 Å². The summed E-state index contributed by atoms with van der Waals surface area (Å²) in [6.45, 7) is 1.75. The minimum absolute atomic E-state index is 0.178. The van der Waals surface area contributed by atoms with E-state index in [1.807, 2.05) is 0 Å². The lowest BCUT2D eigenvalue weighted by molar-refractivity contribution is 0.102. The van der Waals surface area contributed by atoms with Crippen LogP contribution >= 0.6 is 34.2 Å². The predicted octanol–water partition coefficient (Wildman–Crippen LogP) is 4.21. The van der Waals surface area contributed by atoms with Crippen LogP contribution in [0.2, 0.25) is 5.02 Å². The standard InChI is InChI=1S/C14H11ClINO2/c1-8-6-9(2-5-13(8)18)14(19)17-12-4-3-10(15)7-11(12)16/h2-7,18H,1H3,(H,17,19). The van der Waals surface area contributed by atoms with Crippen LogP contribution < -0.4 is 5.32 Å². The first-order valence-corrected chi connectivity index (χ1v) is 6.99. The number of hydrogen-bond acceptors (Lipinski definition) is 2. The van der Waals surface area contributed by atoms with E-state index in [9.17, 15) is 9.90 Å². The van der Waals surface area contributed by atoms with Gasteiger partial charge >= 0.3 is 0 Å². The fourth-order valence-corrected chi connectivity index (χ4v) is 2.59. The Hall–Kier alpha value is -1.27. The Morgan fingerprint density at radius 3 is 2.63 bits per heavy atom. The third-order valence-corrected chi connectivity index (χ3v) is 3.77. The molecule has 0 heterocycles. The largest absolute Gasteiger partial charge is 0.508 e. The monoisotopic (exact) mass is 387 g/mol. The van der Waals surface area contributed by atoms with Crippen LogP contribution in [0.15, 0.2) is 36.4 Å². The molecule has 0 radical (unpaired) electrons. The van der Waals surface area contributed by atoms with Crippen LogP contribution in [0.25, 0.3) is 0 Å². The van der Waals surface area contributed by atoms with E-state index in [1.165, 1.54) is 6.07 Å². The van der Waals surface area contributed by atoms with Crippen LogP contribution in [0.1, 0.15) is 15.9 Å². The Bertz CT molecular complexity index is 643. The van der Waals surface area contributed by atoms with Gasteiger partial charge in [-0.3, -0.25) is 4.79 Å². The van der Waals surface area contributed by atoms with Crippen molar-refractivity contribution in [1.29, 1.82) is 0 Å². The summed E-state index contributed by atoms with van der Waals surface area (Å²) in [6, 6.07) is 10.0. The third-order valence-electron chi connectivity index (χ3n) is 2.64. The molecule has 3 nitrogen and oxygen atoms in total. The summed E-state index contributed by atoms with van der Waals surface area (Å²) in [5, 5.41) is 12.9. The Balaban J connectivity index is 2.23. The van der Waals surface area contributed by atoms with Crippen molar-refractivity contribution in [1.82, 2.24) is 0 Å². The summed E-state index contributed by atoms with van der Waals surface area (Å²) >= 11 is 7.97. The predicted molar refractivity (Wildman–Crippen MR) is 85.0 cm³/mol. The van der Waals surface area contributed by atoms with Crippen LogP contribution in [0, 0.1) is 10.5 Å². The van der Waals surface area contributed by atoms with E-state index >= 15 is 0 Å². The van der Waals surface area contributed by atoms with Crippen molar-refractivity contribution in [2.24, 2.45) is 0 Å². The molecule has 0 fully saturated rings. The van der Waals surface area contributed by atoms with Gasteiger partial charge < -0.3 is 10.4 Å². The number of aryl methyl sites for hydroxylation is 1. The summed E-state index contributed by atoms with van der Waals surface area (Å²) in [6.07, 6.45) is 0. The highest BCUT2D eigenvalue weighted by molar-refractivity contribution is 14.1. The van der Waals surface area contributed by atoms with Gasteiger partial charge in [-0.15, -0.1) is 0 Å². The van der Waals surface area contributed by atoms with E-state index in [4.69, 9.17) is 11.6 Å². The van der Waals surface area contributed by atoms with Gasteiger partial charge in [0.15, 0.2) is 0 Å². The molecule has 1 amide bonds. The van der Waals surface area contributed by atoms with Crippen LogP contribution in [0.5, 0.6) is 5.75 Å². The molecule has 2 aromatic carbocycles. The number of amides is 1. The molecule has 0 aliphatic carbocycles. The van der Waals surface area contributed by atoms with E-state index in [-0.39, 0.29) is 11.7 Å². The summed E-state index contributed by atoms with van der Waals surface area (Å²) in [4.78, 5) is 12.1. The zero-order valence-corrected chi connectivity index (χ0v) is 13.0. The first kappa shape index (κ1) is 14.1. The number of nitrogens with one attached hydrogen (secondary N) is 1. The molecule has 98 valence electrons. The van der Waals surface area contributed by atoms with Gasteiger partial charge in [-0.25, -0.2) is 0 Å². The lowest BCUT2D eigenvalue weighted by Crippen LogP contribution is -2.12. The van der Waals surface area contributed by atoms with Crippen molar-refractivity contribution in [3.05, 3.63) is 56.1 Å². The molecular weight excluding hydrogens is 377 g/mol. The second kappa shape index (κ2) is 5.79. The fourth-order valence-electron chi connectivity index (χ4n) is 1.58. The maximum Gasteiger partial charge on any atom is 0.255 e. The van der Waals surface area contributed by atoms with Gasteiger partial charge in [-0.2, -0.15) is 0 Å². The zero-order valence-electron chi connectivity index (χ0n) is 10.1. The van der Waals surface area contributed by atoms with Gasteiger partial charge in [0.25, 0.3) is 5.91 Å². The minimum atomic E-state index is -0.219. The molecule has 0 aliphatic rings. The fraction of sp³-hybridized carbons (Fsp3) is 0.0714. The number of aromatic hydroxyl groups is 1. The Labute approximate surface area is 129 Å². The van der Waals surface area contributed by atoms with E-state index in [1.54, 1.807) is 37.3 Å². The van der Waals surface area contributed by atoms with Gasteiger partial charge in [-0.05, 0) is 71.5 Å². The van der Waals surface area contributed by atoms with Gasteiger partial charge in [0.1, 0.15) is 5.75 Å².